The predicted octanol–water partition coefficient (Wildman–Crippen LogP) is 1.49. The molecule has 0 spiro atoms. The molecule has 1 aromatic rings. The molecule has 0 aliphatic carbocycles. The van der Waals surface area contributed by atoms with Gasteiger partial charge in [0.2, 0.25) is 5.82 Å². The van der Waals surface area contributed by atoms with Crippen LogP contribution in [0.3, 0.4) is 0 Å². The number of hydrogen-bond donors (Lipinski definition) is 3. The van der Waals surface area contributed by atoms with E-state index in [9.17, 15) is 4.39 Å². The Morgan fingerprint density at radius 1 is 1.33 bits per heavy atom. The van der Waals surface area contributed by atoms with Crippen LogP contribution in [0.4, 0.5) is 4.39 Å². The summed E-state index contributed by atoms with van der Waals surface area (Å²) in [7, 11) is 0. The average Bonchev–Trinajstić information content (AvgIpc) is 2.08. The first kappa shape index (κ1) is 9.28. The summed E-state index contributed by atoms with van der Waals surface area (Å²) in [6.45, 7) is -0.484. The fourth-order valence-corrected chi connectivity index (χ4v) is 1.22. The lowest BCUT2D eigenvalue weighted by molar-refractivity contribution is 0.271. The molecule has 1 aromatic carbocycles. The van der Waals surface area contributed by atoms with Crippen molar-refractivity contribution in [2.24, 2.45) is 0 Å². The molecule has 0 bridgehead atoms. The fourth-order valence-electron chi connectivity index (χ4n) is 0.768. The molecule has 0 fully saturated rings. The lowest BCUT2D eigenvalue weighted by atomic mass is 10.2. The van der Waals surface area contributed by atoms with Gasteiger partial charge in [-0.15, -0.1) is 0 Å². The van der Waals surface area contributed by atoms with Crippen LogP contribution in [0.1, 0.15) is 5.56 Å². The van der Waals surface area contributed by atoms with Crippen molar-refractivity contribution in [1.29, 1.82) is 0 Å². The summed E-state index contributed by atoms with van der Waals surface area (Å²) in [6, 6.07) is 1.24. The summed E-state index contributed by atoms with van der Waals surface area (Å²) >= 11 is 2.86. The summed E-state index contributed by atoms with van der Waals surface area (Å²) in [5.41, 5.74) is 0.0252. The van der Waals surface area contributed by atoms with Crippen molar-refractivity contribution in [3.63, 3.8) is 0 Å². The van der Waals surface area contributed by atoms with Crippen LogP contribution in [0, 0.1) is 5.82 Å². The van der Waals surface area contributed by atoms with Gasteiger partial charge in [-0.05, 0) is 22.0 Å². The highest BCUT2D eigenvalue weighted by molar-refractivity contribution is 9.10. The Balaban J connectivity index is 3.39. The third-order valence-electron chi connectivity index (χ3n) is 1.42. The van der Waals surface area contributed by atoms with Crippen molar-refractivity contribution in [3.05, 3.63) is 21.9 Å². The van der Waals surface area contributed by atoms with Gasteiger partial charge in [-0.2, -0.15) is 4.39 Å². The Labute approximate surface area is 76.2 Å². The van der Waals surface area contributed by atoms with Gasteiger partial charge in [0.05, 0.1) is 11.1 Å². The molecular weight excluding hydrogens is 231 g/mol. The second kappa shape index (κ2) is 3.28. The third-order valence-corrected chi connectivity index (χ3v) is 2.02. The maximum Gasteiger partial charge on any atom is 0.207 e. The summed E-state index contributed by atoms with van der Waals surface area (Å²) < 4.78 is 12.9. The number of rotatable bonds is 1. The summed E-state index contributed by atoms with van der Waals surface area (Å²) in [5.74, 6) is -2.52. The number of benzene rings is 1. The van der Waals surface area contributed by atoms with Gasteiger partial charge in [-0.25, -0.2) is 0 Å². The first-order valence-electron chi connectivity index (χ1n) is 3.07. The highest BCUT2D eigenvalue weighted by Crippen LogP contribution is 2.35. The molecule has 66 valence electrons. The van der Waals surface area contributed by atoms with Gasteiger partial charge < -0.3 is 15.3 Å². The van der Waals surface area contributed by atoms with Gasteiger partial charge >= 0.3 is 0 Å². The van der Waals surface area contributed by atoms with E-state index in [1.807, 2.05) is 0 Å². The molecular formula is C7H6BrFO3. The first-order valence-corrected chi connectivity index (χ1v) is 3.87. The molecule has 0 aliphatic rings. The molecule has 0 aromatic heterocycles. The minimum absolute atomic E-state index is 0.0252. The molecule has 12 heavy (non-hydrogen) atoms. The number of phenolic OH excluding ortho intramolecular Hbond substituents is 1. The largest absolute Gasteiger partial charge is 0.504 e. The zero-order chi connectivity index (χ0) is 9.30. The van der Waals surface area contributed by atoms with Crippen molar-refractivity contribution < 1.29 is 19.7 Å². The van der Waals surface area contributed by atoms with Gasteiger partial charge in [-0.1, -0.05) is 0 Å². The third kappa shape index (κ3) is 1.37. The lowest BCUT2D eigenvalue weighted by Crippen LogP contribution is -1.89. The number of phenols is 2. The van der Waals surface area contributed by atoms with E-state index in [1.165, 1.54) is 6.07 Å². The average molecular weight is 237 g/mol. The van der Waals surface area contributed by atoms with E-state index in [4.69, 9.17) is 15.3 Å². The van der Waals surface area contributed by atoms with Crippen LogP contribution in [0.25, 0.3) is 0 Å². The van der Waals surface area contributed by atoms with Gasteiger partial charge in [-0.3, -0.25) is 0 Å². The Morgan fingerprint density at radius 2 is 1.92 bits per heavy atom. The van der Waals surface area contributed by atoms with E-state index >= 15 is 0 Å². The normalized spacial score (nSPS) is 10.2. The molecule has 5 heteroatoms. The van der Waals surface area contributed by atoms with Gasteiger partial charge in [0, 0.05) is 5.56 Å². The Bertz CT molecular complexity index is 314. The maximum absolute atomic E-state index is 12.8. The maximum atomic E-state index is 12.8. The summed E-state index contributed by atoms with van der Waals surface area (Å²) in [5, 5.41) is 26.6. The molecule has 0 heterocycles. The Morgan fingerprint density at radius 3 is 2.42 bits per heavy atom. The van der Waals surface area contributed by atoms with Crippen molar-refractivity contribution in [2.75, 3.05) is 0 Å². The van der Waals surface area contributed by atoms with Crippen molar-refractivity contribution in [1.82, 2.24) is 0 Å². The quantitative estimate of drug-likeness (QED) is 0.693. The molecule has 0 radical (unpaired) electrons. The van der Waals surface area contributed by atoms with Crippen LogP contribution < -0.4 is 0 Å². The van der Waals surface area contributed by atoms with Crippen molar-refractivity contribution in [2.45, 2.75) is 6.61 Å². The zero-order valence-electron chi connectivity index (χ0n) is 5.88. The zero-order valence-corrected chi connectivity index (χ0v) is 7.47. The van der Waals surface area contributed by atoms with Crippen LogP contribution in [0.5, 0.6) is 11.5 Å². The van der Waals surface area contributed by atoms with E-state index in [0.717, 1.165) is 0 Å². The smallest absolute Gasteiger partial charge is 0.207 e. The highest BCUT2D eigenvalue weighted by Gasteiger charge is 2.14. The first-order chi connectivity index (χ1) is 5.57. The van der Waals surface area contributed by atoms with Crippen LogP contribution in [-0.2, 0) is 6.61 Å². The molecule has 0 saturated carbocycles. The molecule has 3 nitrogen and oxygen atoms in total. The van der Waals surface area contributed by atoms with Crippen molar-refractivity contribution in [3.8, 4) is 11.5 Å². The molecule has 0 amide bonds. The molecule has 0 saturated heterocycles. The van der Waals surface area contributed by atoms with Crippen LogP contribution in [0.2, 0.25) is 0 Å². The molecule has 1 rings (SSSR count). The van der Waals surface area contributed by atoms with Gasteiger partial charge in [0.1, 0.15) is 0 Å². The van der Waals surface area contributed by atoms with E-state index < -0.39 is 23.9 Å². The van der Waals surface area contributed by atoms with E-state index in [0.29, 0.717) is 0 Å². The topological polar surface area (TPSA) is 60.7 Å². The Kier molecular flexibility index (Phi) is 2.54. The minimum Gasteiger partial charge on any atom is -0.504 e. The molecule has 3 N–H and O–H groups in total. The number of aliphatic hydroxyl groups is 1. The standard InChI is InChI=1S/C7H6BrFO3/c8-4-1-3(2-10)6(11)5(9)7(4)12/h1,10-12H,2H2. The molecule has 0 aliphatic heterocycles. The predicted molar refractivity (Wildman–Crippen MR) is 43.4 cm³/mol. The second-order valence-electron chi connectivity index (χ2n) is 2.19. The van der Waals surface area contributed by atoms with Gasteiger partial charge in [0.25, 0.3) is 0 Å². The second-order valence-corrected chi connectivity index (χ2v) is 3.04. The lowest BCUT2D eigenvalue weighted by Gasteiger charge is -2.05. The van der Waals surface area contributed by atoms with Crippen LogP contribution in [-0.4, -0.2) is 15.3 Å². The fraction of sp³-hybridized carbons (Fsp3) is 0.143. The van der Waals surface area contributed by atoms with E-state index in [-0.39, 0.29) is 10.0 Å². The monoisotopic (exact) mass is 236 g/mol. The number of aliphatic hydroxyl groups excluding tert-OH is 1. The number of aromatic hydroxyl groups is 2. The minimum atomic E-state index is -1.13. The van der Waals surface area contributed by atoms with E-state index in [1.54, 1.807) is 0 Å². The molecule has 0 unspecified atom stereocenters. The van der Waals surface area contributed by atoms with E-state index in [2.05, 4.69) is 15.9 Å². The SMILES string of the molecule is OCc1cc(Br)c(O)c(F)c1O. The summed E-state index contributed by atoms with van der Waals surface area (Å²) in [4.78, 5) is 0. The highest BCUT2D eigenvalue weighted by atomic mass is 79.9. The Hall–Kier alpha value is -0.810. The number of hydrogen-bond acceptors (Lipinski definition) is 3. The van der Waals surface area contributed by atoms with Crippen molar-refractivity contribution >= 4 is 15.9 Å². The van der Waals surface area contributed by atoms with Crippen LogP contribution in [0.15, 0.2) is 10.5 Å². The molecule has 0 atom stereocenters. The van der Waals surface area contributed by atoms with Gasteiger partial charge in [0.15, 0.2) is 11.5 Å². The summed E-state index contributed by atoms with van der Waals surface area (Å²) in [6.07, 6.45) is 0. The number of halogens is 2. The van der Waals surface area contributed by atoms with Crippen LogP contribution >= 0.6 is 15.9 Å².